The highest BCUT2D eigenvalue weighted by molar-refractivity contribution is 7.89. The topological polar surface area (TPSA) is 84.0 Å². The first-order valence-electron chi connectivity index (χ1n) is 10.1. The fourth-order valence-corrected chi connectivity index (χ4v) is 5.43. The van der Waals surface area contributed by atoms with Crippen molar-refractivity contribution >= 4 is 39.2 Å². The van der Waals surface area contributed by atoms with Crippen molar-refractivity contribution in [3.8, 4) is 0 Å². The molecule has 0 saturated heterocycles. The van der Waals surface area contributed by atoms with Crippen molar-refractivity contribution in [1.82, 2.24) is 4.31 Å². The molecule has 1 unspecified atom stereocenters. The zero-order valence-electron chi connectivity index (χ0n) is 17.7. The maximum absolute atomic E-state index is 12.7. The second-order valence-electron chi connectivity index (χ2n) is 7.25. The average molecular weight is 465 g/mol. The van der Waals surface area contributed by atoms with Crippen LogP contribution in [-0.4, -0.2) is 50.3 Å². The summed E-state index contributed by atoms with van der Waals surface area (Å²) >= 11 is 6.12. The first-order valence-corrected chi connectivity index (χ1v) is 11.9. The standard InChI is InChI=1S/C22H25ClN2O5S/c1-4-24(5-2)31(28,29)17-10-11-19(23)18(13-17)22(27)30-14-21(26)25-15(3)12-16-8-6-7-9-20(16)25/h6-11,13,15H,4-5,12,14H2,1-3H3. The number of para-hydroxylation sites is 1. The molecule has 0 N–H and O–H groups in total. The number of nitrogens with zero attached hydrogens (tertiary/aromatic N) is 2. The summed E-state index contributed by atoms with van der Waals surface area (Å²) in [6, 6.07) is 11.4. The van der Waals surface area contributed by atoms with Crippen molar-refractivity contribution < 1.29 is 22.7 Å². The van der Waals surface area contributed by atoms with Crippen LogP contribution in [0.3, 0.4) is 0 Å². The van der Waals surface area contributed by atoms with Gasteiger partial charge in [0.15, 0.2) is 6.61 Å². The Bertz CT molecular complexity index is 1100. The van der Waals surface area contributed by atoms with Crippen LogP contribution in [0.2, 0.25) is 5.02 Å². The summed E-state index contributed by atoms with van der Waals surface area (Å²) in [6.07, 6.45) is 0.729. The number of halogens is 1. The van der Waals surface area contributed by atoms with E-state index in [-0.39, 0.29) is 27.4 Å². The molecule has 1 heterocycles. The number of benzene rings is 2. The van der Waals surface area contributed by atoms with E-state index in [2.05, 4.69) is 0 Å². The Morgan fingerprint density at radius 1 is 1.16 bits per heavy atom. The minimum atomic E-state index is -3.77. The molecule has 31 heavy (non-hydrogen) atoms. The van der Waals surface area contributed by atoms with Gasteiger partial charge in [-0.2, -0.15) is 4.31 Å². The summed E-state index contributed by atoms with van der Waals surface area (Å²) in [5.41, 5.74) is 1.77. The molecule has 3 rings (SSSR count). The molecule has 2 aromatic rings. The van der Waals surface area contributed by atoms with Gasteiger partial charge in [0, 0.05) is 24.8 Å². The lowest BCUT2D eigenvalue weighted by atomic mass is 10.1. The third kappa shape index (κ3) is 4.61. The molecule has 0 saturated carbocycles. The highest BCUT2D eigenvalue weighted by Crippen LogP contribution is 2.32. The molecule has 2 aromatic carbocycles. The molecule has 0 aliphatic carbocycles. The summed E-state index contributed by atoms with van der Waals surface area (Å²) in [7, 11) is -3.77. The predicted molar refractivity (Wildman–Crippen MR) is 119 cm³/mol. The van der Waals surface area contributed by atoms with E-state index in [1.807, 2.05) is 31.2 Å². The minimum absolute atomic E-state index is 0.0465. The van der Waals surface area contributed by atoms with E-state index in [4.69, 9.17) is 16.3 Å². The van der Waals surface area contributed by atoms with Gasteiger partial charge in [0.1, 0.15) is 0 Å². The molecular formula is C22H25ClN2O5S. The largest absolute Gasteiger partial charge is 0.452 e. The molecule has 0 spiro atoms. The molecular weight excluding hydrogens is 440 g/mol. The van der Waals surface area contributed by atoms with Gasteiger partial charge in [0.05, 0.1) is 15.5 Å². The quantitative estimate of drug-likeness (QED) is 0.585. The van der Waals surface area contributed by atoms with Gasteiger partial charge in [-0.25, -0.2) is 13.2 Å². The van der Waals surface area contributed by atoms with Gasteiger partial charge in [0.25, 0.3) is 5.91 Å². The predicted octanol–water partition coefficient (Wildman–Crippen LogP) is 3.51. The van der Waals surface area contributed by atoms with Crippen LogP contribution < -0.4 is 4.90 Å². The lowest BCUT2D eigenvalue weighted by Crippen LogP contribution is -2.38. The van der Waals surface area contributed by atoms with Gasteiger partial charge in [-0.3, -0.25) is 4.79 Å². The number of carbonyl (C=O) groups excluding carboxylic acids is 2. The first-order chi connectivity index (χ1) is 14.7. The molecule has 1 aliphatic heterocycles. The Morgan fingerprint density at radius 3 is 2.52 bits per heavy atom. The van der Waals surface area contributed by atoms with Crippen molar-refractivity contribution in [3.05, 3.63) is 58.6 Å². The Labute approximate surface area is 187 Å². The molecule has 0 bridgehead atoms. The van der Waals surface area contributed by atoms with Gasteiger partial charge in [-0.15, -0.1) is 0 Å². The molecule has 0 radical (unpaired) electrons. The monoisotopic (exact) mass is 464 g/mol. The minimum Gasteiger partial charge on any atom is -0.452 e. The molecule has 9 heteroatoms. The maximum atomic E-state index is 12.7. The number of ether oxygens (including phenoxy) is 1. The Balaban J connectivity index is 1.76. The summed E-state index contributed by atoms with van der Waals surface area (Å²) in [6.45, 7) is 5.51. The zero-order chi connectivity index (χ0) is 22.8. The maximum Gasteiger partial charge on any atom is 0.340 e. The highest BCUT2D eigenvalue weighted by atomic mass is 35.5. The molecule has 1 aliphatic rings. The van der Waals surface area contributed by atoms with Gasteiger partial charge >= 0.3 is 5.97 Å². The zero-order valence-corrected chi connectivity index (χ0v) is 19.2. The van der Waals surface area contributed by atoms with E-state index in [0.717, 1.165) is 17.7 Å². The molecule has 1 amide bonds. The average Bonchev–Trinajstić information content (AvgIpc) is 3.08. The Hall–Kier alpha value is -2.42. The number of hydrogen-bond donors (Lipinski definition) is 0. The van der Waals surface area contributed by atoms with Crippen LogP contribution in [-0.2, 0) is 26.0 Å². The SMILES string of the molecule is CCN(CC)S(=O)(=O)c1ccc(Cl)c(C(=O)OCC(=O)N2c3ccccc3CC2C)c1. The number of rotatable bonds is 7. The molecule has 0 aromatic heterocycles. The second-order valence-corrected chi connectivity index (χ2v) is 9.60. The first kappa shape index (κ1) is 23.2. The molecule has 166 valence electrons. The van der Waals surface area contributed by atoms with E-state index in [0.29, 0.717) is 13.1 Å². The van der Waals surface area contributed by atoms with Crippen LogP contribution >= 0.6 is 11.6 Å². The van der Waals surface area contributed by atoms with E-state index >= 15 is 0 Å². The van der Waals surface area contributed by atoms with Crippen LogP contribution in [0.25, 0.3) is 0 Å². The van der Waals surface area contributed by atoms with Gasteiger partial charge in [-0.05, 0) is 43.2 Å². The number of hydrogen-bond acceptors (Lipinski definition) is 5. The van der Waals surface area contributed by atoms with E-state index < -0.39 is 22.6 Å². The van der Waals surface area contributed by atoms with Crippen molar-refractivity contribution in [2.45, 2.75) is 38.1 Å². The van der Waals surface area contributed by atoms with Crippen LogP contribution in [0.15, 0.2) is 47.4 Å². The van der Waals surface area contributed by atoms with Crippen molar-refractivity contribution in [1.29, 1.82) is 0 Å². The van der Waals surface area contributed by atoms with Gasteiger partial charge in [0.2, 0.25) is 10.0 Å². The number of sulfonamides is 1. The lowest BCUT2D eigenvalue weighted by molar-refractivity contribution is -0.122. The summed E-state index contributed by atoms with van der Waals surface area (Å²) in [5.74, 6) is -1.20. The lowest BCUT2D eigenvalue weighted by Gasteiger charge is -2.22. The Morgan fingerprint density at radius 2 is 1.84 bits per heavy atom. The Kier molecular flexibility index (Phi) is 7.03. The third-order valence-electron chi connectivity index (χ3n) is 5.30. The van der Waals surface area contributed by atoms with Crippen molar-refractivity contribution in [2.75, 3.05) is 24.6 Å². The number of esters is 1. The van der Waals surface area contributed by atoms with E-state index in [1.54, 1.807) is 18.7 Å². The van der Waals surface area contributed by atoms with Gasteiger partial charge in [-0.1, -0.05) is 43.6 Å². The summed E-state index contributed by atoms with van der Waals surface area (Å²) in [4.78, 5) is 26.9. The van der Waals surface area contributed by atoms with Gasteiger partial charge < -0.3 is 9.64 Å². The normalized spacial score (nSPS) is 15.8. The molecule has 7 nitrogen and oxygen atoms in total. The number of amides is 1. The molecule has 0 fully saturated rings. The number of carbonyl (C=O) groups is 2. The second kappa shape index (κ2) is 9.38. The van der Waals surface area contributed by atoms with Crippen molar-refractivity contribution in [3.63, 3.8) is 0 Å². The summed E-state index contributed by atoms with van der Waals surface area (Å²) < 4.78 is 32.0. The fourth-order valence-electron chi connectivity index (χ4n) is 3.75. The number of anilines is 1. The highest BCUT2D eigenvalue weighted by Gasteiger charge is 2.31. The van der Waals surface area contributed by atoms with Crippen LogP contribution in [0.5, 0.6) is 0 Å². The smallest absolute Gasteiger partial charge is 0.340 e. The van der Waals surface area contributed by atoms with Crippen LogP contribution in [0.4, 0.5) is 5.69 Å². The molecule has 1 atom stereocenters. The fraction of sp³-hybridized carbons (Fsp3) is 0.364. The van der Waals surface area contributed by atoms with Crippen molar-refractivity contribution in [2.24, 2.45) is 0 Å². The van der Waals surface area contributed by atoms with Crippen LogP contribution in [0, 0.1) is 0 Å². The van der Waals surface area contributed by atoms with E-state index in [1.165, 1.54) is 22.5 Å². The van der Waals surface area contributed by atoms with Crippen LogP contribution in [0.1, 0.15) is 36.7 Å². The summed E-state index contributed by atoms with van der Waals surface area (Å²) in [5, 5.41) is 0.0517. The third-order valence-corrected chi connectivity index (χ3v) is 7.68. The number of fused-ring (bicyclic) bond motifs is 1. The van der Waals surface area contributed by atoms with E-state index in [9.17, 15) is 18.0 Å².